The van der Waals surface area contributed by atoms with Gasteiger partial charge in [-0.05, 0) is 73.3 Å². The van der Waals surface area contributed by atoms with E-state index < -0.39 is 0 Å². The highest BCUT2D eigenvalue weighted by Crippen LogP contribution is 2.31. The molecule has 0 unspecified atom stereocenters. The lowest BCUT2D eigenvalue weighted by atomic mass is 9.81. The Bertz CT molecular complexity index is 554. The van der Waals surface area contributed by atoms with Gasteiger partial charge >= 0.3 is 0 Å². The summed E-state index contributed by atoms with van der Waals surface area (Å²) in [7, 11) is 0. The molecule has 1 fully saturated rings. The van der Waals surface area contributed by atoms with Crippen LogP contribution in [0.1, 0.15) is 63.5 Å². The third-order valence-corrected chi connectivity index (χ3v) is 4.88. The van der Waals surface area contributed by atoms with E-state index in [1.165, 1.54) is 49.7 Å². The molecule has 0 heteroatoms. The lowest BCUT2D eigenvalue weighted by molar-refractivity contribution is 0.304. The molecule has 1 aliphatic carbocycles. The van der Waals surface area contributed by atoms with Crippen molar-refractivity contribution in [2.24, 2.45) is 11.8 Å². The molecule has 0 N–H and O–H groups in total. The van der Waals surface area contributed by atoms with E-state index in [2.05, 4.69) is 62.1 Å². The van der Waals surface area contributed by atoms with Gasteiger partial charge in [0.15, 0.2) is 0 Å². The number of hydrogen-bond acceptors (Lipinski definition) is 0. The molecule has 2 rings (SSSR count). The van der Waals surface area contributed by atoms with Crippen molar-refractivity contribution in [3.05, 3.63) is 53.6 Å². The normalized spacial score (nSPS) is 21.5. The van der Waals surface area contributed by atoms with E-state index in [-0.39, 0.29) is 0 Å². The maximum absolute atomic E-state index is 3.14. The van der Waals surface area contributed by atoms with E-state index >= 15 is 0 Å². The van der Waals surface area contributed by atoms with Gasteiger partial charge in [0.1, 0.15) is 0 Å². The molecule has 0 heterocycles. The Balaban J connectivity index is 1.75. The standard InChI is InChI=1S/C23H30/c1-3-9-21-16-18-23(19-17-21)11-8-6-5-7-10-22-14-12-20(4-2)13-15-22/h7-8,10-11,16-20,22H,3-4,9,12-15H2,1-2H3. The molecule has 0 nitrogen and oxygen atoms in total. The highest BCUT2D eigenvalue weighted by Gasteiger charge is 2.17. The van der Waals surface area contributed by atoms with Gasteiger partial charge in [0.05, 0.1) is 0 Å². The van der Waals surface area contributed by atoms with Gasteiger partial charge < -0.3 is 0 Å². The third kappa shape index (κ3) is 6.49. The average Bonchev–Trinajstić information content (AvgIpc) is 2.60. The van der Waals surface area contributed by atoms with Crippen molar-refractivity contribution < 1.29 is 0 Å². The zero-order valence-electron chi connectivity index (χ0n) is 14.7. The molecule has 0 spiro atoms. The van der Waals surface area contributed by atoms with Crippen LogP contribution in [0.4, 0.5) is 0 Å². The summed E-state index contributed by atoms with van der Waals surface area (Å²) >= 11 is 0. The number of rotatable bonds is 5. The Kier molecular flexibility index (Phi) is 7.74. The van der Waals surface area contributed by atoms with Gasteiger partial charge in [-0.1, -0.05) is 68.9 Å². The molecule has 1 saturated carbocycles. The van der Waals surface area contributed by atoms with E-state index in [9.17, 15) is 0 Å². The largest absolute Gasteiger partial charge is 0.0730 e. The minimum atomic E-state index is 0.752. The topological polar surface area (TPSA) is 0 Å². The molecule has 23 heavy (non-hydrogen) atoms. The molecule has 0 amide bonds. The fourth-order valence-corrected chi connectivity index (χ4v) is 3.29. The Hall–Kier alpha value is -1.74. The maximum Gasteiger partial charge on any atom is -0.0109 e. The van der Waals surface area contributed by atoms with Gasteiger partial charge in [-0.2, -0.15) is 0 Å². The number of hydrogen-bond donors (Lipinski definition) is 0. The van der Waals surface area contributed by atoms with Gasteiger partial charge in [-0.15, -0.1) is 0 Å². The van der Waals surface area contributed by atoms with Gasteiger partial charge in [0.25, 0.3) is 0 Å². The zero-order valence-corrected chi connectivity index (χ0v) is 14.7. The van der Waals surface area contributed by atoms with Crippen LogP contribution >= 0.6 is 0 Å². The van der Waals surface area contributed by atoms with Crippen molar-refractivity contribution in [2.45, 2.75) is 58.8 Å². The Morgan fingerprint density at radius 1 is 0.957 bits per heavy atom. The van der Waals surface area contributed by atoms with Crippen molar-refractivity contribution in [2.75, 3.05) is 0 Å². The van der Waals surface area contributed by atoms with Crippen molar-refractivity contribution >= 4 is 6.08 Å². The van der Waals surface area contributed by atoms with Crippen LogP contribution in [0, 0.1) is 23.7 Å². The van der Waals surface area contributed by atoms with E-state index in [1.54, 1.807) is 0 Å². The molecular formula is C23H30. The fraction of sp³-hybridized carbons (Fsp3) is 0.478. The number of benzene rings is 1. The Morgan fingerprint density at radius 3 is 2.30 bits per heavy atom. The lowest BCUT2D eigenvalue weighted by Gasteiger charge is -2.25. The Morgan fingerprint density at radius 2 is 1.65 bits per heavy atom. The minimum absolute atomic E-state index is 0.752. The summed E-state index contributed by atoms with van der Waals surface area (Å²) in [4.78, 5) is 0. The first kappa shape index (κ1) is 17.6. The lowest BCUT2D eigenvalue weighted by Crippen LogP contribution is -2.11. The van der Waals surface area contributed by atoms with Crippen molar-refractivity contribution in [1.29, 1.82) is 0 Å². The number of aryl methyl sites for hydroxylation is 1. The van der Waals surface area contributed by atoms with Crippen LogP contribution < -0.4 is 0 Å². The smallest absolute Gasteiger partial charge is 0.0109 e. The second-order valence-corrected chi connectivity index (χ2v) is 6.66. The fourth-order valence-electron chi connectivity index (χ4n) is 3.29. The summed E-state index contributed by atoms with van der Waals surface area (Å²) in [6.45, 7) is 4.53. The van der Waals surface area contributed by atoms with E-state index in [1.807, 2.05) is 12.2 Å². The molecule has 122 valence electrons. The molecule has 0 aromatic heterocycles. The monoisotopic (exact) mass is 306 g/mol. The summed E-state index contributed by atoms with van der Waals surface area (Å²) in [5.41, 5.74) is 2.64. The molecule has 1 aromatic rings. The van der Waals surface area contributed by atoms with Crippen LogP contribution in [-0.4, -0.2) is 0 Å². The maximum atomic E-state index is 3.14. The molecular weight excluding hydrogens is 276 g/mol. The summed E-state index contributed by atoms with van der Waals surface area (Å²) in [5.74, 6) is 7.98. The second-order valence-electron chi connectivity index (χ2n) is 6.66. The quantitative estimate of drug-likeness (QED) is 0.550. The van der Waals surface area contributed by atoms with Crippen LogP contribution in [0.3, 0.4) is 0 Å². The predicted octanol–water partition coefficient (Wildman–Crippen LogP) is 6.43. The predicted molar refractivity (Wildman–Crippen MR) is 102 cm³/mol. The van der Waals surface area contributed by atoms with E-state index in [0.29, 0.717) is 0 Å². The summed E-state index contributed by atoms with van der Waals surface area (Å²) in [6.07, 6.45) is 17.6. The molecule has 0 radical (unpaired) electrons. The van der Waals surface area contributed by atoms with Crippen LogP contribution in [0.5, 0.6) is 0 Å². The van der Waals surface area contributed by atoms with Crippen LogP contribution in [0.15, 0.2) is 42.5 Å². The van der Waals surface area contributed by atoms with Crippen LogP contribution in [0.2, 0.25) is 0 Å². The first-order chi connectivity index (χ1) is 11.3. The average molecular weight is 306 g/mol. The molecule has 0 aliphatic heterocycles. The molecule has 1 aliphatic rings. The van der Waals surface area contributed by atoms with E-state index in [4.69, 9.17) is 0 Å². The Labute approximate surface area is 142 Å². The SMILES string of the molecule is CCCc1ccc(C=CC#CC=CC2CCC(CC)CC2)cc1. The molecule has 0 saturated heterocycles. The summed E-state index contributed by atoms with van der Waals surface area (Å²) < 4.78 is 0. The highest BCUT2D eigenvalue weighted by molar-refractivity contribution is 5.53. The second kappa shape index (κ2) is 10.1. The van der Waals surface area contributed by atoms with Gasteiger partial charge in [-0.3, -0.25) is 0 Å². The number of allylic oxidation sites excluding steroid dienone is 3. The minimum Gasteiger partial charge on any atom is -0.0730 e. The van der Waals surface area contributed by atoms with E-state index in [0.717, 1.165) is 18.3 Å². The van der Waals surface area contributed by atoms with Gasteiger partial charge in [0.2, 0.25) is 0 Å². The van der Waals surface area contributed by atoms with Crippen molar-refractivity contribution in [3.8, 4) is 11.8 Å². The summed E-state index contributed by atoms with van der Waals surface area (Å²) in [6, 6.07) is 8.77. The molecule has 1 aromatic carbocycles. The van der Waals surface area contributed by atoms with Crippen molar-refractivity contribution in [3.63, 3.8) is 0 Å². The molecule has 0 bridgehead atoms. The van der Waals surface area contributed by atoms with Gasteiger partial charge in [-0.25, -0.2) is 0 Å². The first-order valence-corrected chi connectivity index (χ1v) is 9.25. The van der Waals surface area contributed by atoms with Gasteiger partial charge in [0, 0.05) is 0 Å². The zero-order chi connectivity index (χ0) is 16.3. The summed E-state index contributed by atoms with van der Waals surface area (Å²) in [5, 5.41) is 0. The highest BCUT2D eigenvalue weighted by atomic mass is 14.2. The third-order valence-electron chi connectivity index (χ3n) is 4.88. The first-order valence-electron chi connectivity index (χ1n) is 9.25. The van der Waals surface area contributed by atoms with Crippen LogP contribution in [-0.2, 0) is 6.42 Å². The molecule has 0 atom stereocenters. The van der Waals surface area contributed by atoms with Crippen molar-refractivity contribution in [1.82, 2.24) is 0 Å². The van der Waals surface area contributed by atoms with Crippen LogP contribution in [0.25, 0.3) is 6.08 Å².